The summed E-state index contributed by atoms with van der Waals surface area (Å²) in [6.07, 6.45) is 4.16. The van der Waals surface area contributed by atoms with Crippen LogP contribution < -0.4 is 5.32 Å². The summed E-state index contributed by atoms with van der Waals surface area (Å²) < 4.78 is 21.1. The number of carbonyl (C=O) groups is 1. The minimum atomic E-state index is -0.325. The maximum atomic E-state index is 14.2. The molecule has 7 heteroatoms. The van der Waals surface area contributed by atoms with Crippen LogP contribution in [0.5, 0.6) is 0 Å². The van der Waals surface area contributed by atoms with Gasteiger partial charge < -0.3 is 9.84 Å². The Kier molecular flexibility index (Phi) is 3.93. The summed E-state index contributed by atoms with van der Waals surface area (Å²) in [7, 11) is 0. The highest BCUT2D eigenvalue weighted by Gasteiger charge is 2.28. The monoisotopic (exact) mass is 376 g/mol. The second-order valence-corrected chi connectivity index (χ2v) is 6.86. The highest BCUT2D eigenvalue weighted by Crippen LogP contribution is 2.32. The molecule has 0 unspecified atom stereocenters. The van der Waals surface area contributed by atoms with E-state index in [-0.39, 0.29) is 23.5 Å². The van der Waals surface area contributed by atoms with Crippen molar-refractivity contribution in [3.63, 3.8) is 0 Å². The standard InChI is InChI=1S/C21H17FN4O2/c22-15-7-2-3-9-18(15)26-17-10-5-8-16(14(17)12-23-26)24-21(27)20-13-6-1-4-11-19(13)28-25-20/h1-4,6-7,9,11-12,16H,5,8,10H2,(H,24,27)/t16-/m1/s1. The van der Waals surface area contributed by atoms with E-state index in [1.807, 2.05) is 18.2 Å². The Labute approximate surface area is 159 Å². The van der Waals surface area contributed by atoms with Crippen LogP contribution in [0.3, 0.4) is 0 Å². The molecule has 0 radical (unpaired) electrons. The molecular weight excluding hydrogens is 359 g/mol. The summed E-state index contributed by atoms with van der Waals surface area (Å²) in [6.45, 7) is 0. The molecule has 1 N–H and O–H groups in total. The summed E-state index contributed by atoms with van der Waals surface area (Å²) in [4.78, 5) is 12.8. The lowest BCUT2D eigenvalue weighted by Crippen LogP contribution is -2.31. The number of nitrogens with one attached hydrogen (secondary N) is 1. The summed E-state index contributed by atoms with van der Waals surface area (Å²) in [5.41, 5.74) is 3.09. The van der Waals surface area contributed by atoms with E-state index in [4.69, 9.17) is 4.52 Å². The lowest BCUT2D eigenvalue weighted by molar-refractivity contribution is 0.0925. The molecular formula is C21H17FN4O2. The van der Waals surface area contributed by atoms with Crippen LogP contribution in [0, 0.1) is 5.82 Å². The lowest BCUT2D eigenvalue weighted by atomic mass is 9.92. The molecule has 1 aliphatic carbocycles. The van der Waals surface area contributed by atoms with Crippen molar-refractivity contribution in [3.8, 4) is 5.69 Å². The zero-order chi connectivity index (χ0) is 19.1. The topological polar surface area (TPSA) is 73.0 Å². The minimum Gasteiger partial charge on any atom is -0.355 e. The normalized spacial score (nSPS) is 16.1. The fourth-order valence-corrected chi connectivity index (χ4v) is 3.81. The lowest BCUT2D eigenvalue weighted by Gasteiger charge is -2.24. The van der Waals surface area contributed by atoms with Crippen LogP contribution in [0.2, 0.25) is 0 Å². The molecule has 28 heavy (non-hydrogen) atoms. The van der Waals surface area contributed by atoms with Gasteiger partial charge in [0.1, 0.15) is 11.5 Å². The van der Waals surface area contributed by atoms with E-state index in [0.29, 0.717) is 16.7 Å². The van der Waals surface area contributed by atoms with Gasteiger partial charge in [0, 0.05) is 11.3 Å². The SMILES string of the molecule is O=C(N[C@@H]1CCCc2c1cnn2-c1ccccc1F)c1noc2ccccc12. The second kappa shape index (κ2) is 6.60. The largest absolute Gasteiger partial charge is 0.355 e. The third-order valence-corrected chi connectivity index (χ3v) is 5.16. The maximum absolute atomic E-state index is 14.2. The van der Waals surface area contributed by atoms with Gasteiger partial charge in [-0.2, -0.15) is 5.10 Å². The van der Waals surface area contributed by atoms with Crippen LogP contribution in [0.25, 0.3) is 16.7 Å². The Bertz CT molecular complexity index is 1180. The molecule has 0 saturated carbocycles. The molecule has 2 aromatic carbocycles. The van der Waals surface area contributed by atoms with E-state index in [1.54, 1.807) is 35.1 Å². The molecule has 1 aliphatic rings. The molecule has 0 saturated heterocycles. The first-order valence-electron chi connectivity index (χ1n) is 9.19. The number of benzene rings is 2. The van der Waals surface area contributed by atoms with Crippen LogP contribution in [0.4, 0.5) is 4.39 Å². The van der Waals surface area contributed by atoms with Gasteiger partial charge >= 0.3 is 0 Å². The number of nitrogens with zero attached hydrogens (tertiary/aromatic N) is 3. The molecule has 0 aliphatic heterocycles. The molecule has 0 bridgehead atoms. The van der Waals surface area contributed by atoms with E-state index in [0.717, 1.165) is 30.5 Å². The molecule has 4 aromatic rings. The highest BCUT2D eigenvalue weighted by molar-refractivity contribution is 6.04. The highest BCUT2D eigenvalue weighted by atomic mass is 19.1. The number of amides is 1. The van der Waals surface area contributed by atoms with E-state index < -0.39 is 0 Å². The fourth-order valence-electron chi connectivity index (χ4n) is 3.81. The van der Waals surface area contributed by atoms with Crippen LogP contribution in [-0.2, 0) is 6.42 Å². The van der Waals surface area contributed by atoms with Crippen molar-refractivity contribution in [1.29, 1.82) is 0 Å². The summed E-state index contributed by atoms with van der Waals surface area (Å²) >= 11 is 0. The predicted molar refractivity (Wildman–Crippen MR) is 101 cm³/mol. The van der Waals surface area contributed by atoms with Crippen molar-refractivity contribution in [2.24, 2.45) is 0 Å². The summed E-state index contributed by atoms with van der Waals surface area (Å²) in [5.74, 6) is -0.616. The average molecular weight is 376 g/mol. The van der Waals surface area contributed by atoms with Crippen molar-refractivity contribution in [3.05, 3.63) is 77.5 Å². The smallest absolute Gasteiger partial charge is 0.274 e. The third kappa shape index (κ3) is 2.67. The number of para-hydroxylation sites is 2. The van der Waals surface area contributed by atoms with E-state index in [1.165, 1.54) is 6.07 Å². The van der Waals surface area contributed by atoms with Gasteiger partial charge in [-0.15, -0.1) is 0 Å². The fraction of sp³-hybridized carbons (Fsp3) is 0.190. The quantitative estimate of drug-likeness (QED) is 0.587. The van der Waals surface area contributed by atoms with Gasteiger partial charge in [0.15, 0.2) is 11.3 Å². The molecule has 1 amide bonds. The average Bonchev–Trinajstić information content (AvgIpc) is 3.33. The van der Waals surface area contributed by atoms with E-state index >= 15 is 0 Å². The summed E-state index contributed by atoms with van der Waals surface area (Å²) in [5, 5.41) is 12.0. The molecule has 1 atom stereocenters. The first-order valence-corrected chi connectivity index (χ1v) is 9.19. The number of fused-ring (bicyclic) bond motifs is 2. The first-order chi connectivity index (χ1) is 13.7. The number of rotatable bonds is 3. The zero-order valence-corrected chi connectivity index (χ0v) is 14.9. The maximum Gasteiger partial charge on any atom is 0.274 e. The molecule has 140 valence electrons. The number of hydrogen-bond donors (Lipinski definition) is 1. The van der Waals surface area contributed by atoms with Gasteiger partial charge in [-0.25, -0.2) is 9.07 Å². The van der Waals surface area contributed by atoms with Crippen LogP contribution in [-0.4, -0.2) is 20.8 Å². The molecule has 0 fully saturated rings. The number of aromatic nitrogens is 3. The van der Waals surface area contributed by atoms with E-state index in [9.17, 15) is 9.18 Å². The van der Waals surface area contributed by atoms with Gasteiger partial charge in [0.2, 0.25) is 0 Å². The zero-order valence-electron chi connectivity index (χ0n) is 14.9. The molecule has 2 aromatic heterocycles. The molecule has 5 rings (SSSR count). The number of hydrogen-bond acceptors (Lipinski definition) is 4. The molecule has 0 spiro atoms. The third-order valence-electron chi connectivity index (χ3n) is 5.16. The summed E-state index contributed by atoms with van der Waals surface area (Å²) in [6, 6.07) is 13.6. The van der Waals surface area contributed by atoms with Crippen molar-refractivity contribution in [2.45, 2.75) is 25.3 Å². The van der Waals surface area contributed by atoms with Crippen molar-refractivity contribution in [2.75, 3.05) is 0 Å². The van der Waals surface area contributed by atoms with Crippen LogP contribution in [0.1, 0.15) is 40.6 Å². The van der Waals surface area contributed by atoms with Crippen molar-refractivity contribution >= 4 is 16.9 Å². The Hall–Kier alpha value is -3.48. The first kappa shape index (κ1) is 16.7. The number of halogens is 1. The predicted octanol–water partition coefficient (Wildman–Crippen LogP) is 3.96. The van der Waals surface area contributed by atoms with Gasteiger partial charge in [0.05, 0.1) is 17.6 Å². The molecule has 6 nitrogen and oxygen atoms in total. The Morgan fingerprint density at radius 3 is 2.89 bits per heavy atom. The van der Waals surface area contributed by atoms with Crippen LogP contribution in [0.15, 0.2) is 59.3 Å². The minimum absolute atomic E-state index is 0.202. The van der Waals surface area contributed by atoms with Gasteiger partial charge in [-0.1, -0.05) is 29.4 Å². The van der Waals surface area contributed by atoms with Crippen molar-refractivity contribution in [1.82, 2.24) is 20.3 Å². The van der Waals surface area contributed by atoms with Crippen LogP contribution >= 0.6 is 0 Å². The van der Waals surface area contributed by atoms with E-state index in [2.05, 4.69) is 15.6 Å². The van der Waals surface area contributed by atoms with Gasteiger partial charge in [-0.05, 0) is 43.5 Å². The van der Waals surface area contributed by atoms with Crippen molar-refractivity contribution < 1.29 is 13.7 Å². The second-order valence-electron chi connectivity index (χ2n) is 6.86. The van der Waals surface area contributed by atoms with Gasteiger partial charge in [0.25, 0.3) is 5.91 Å². The Balaban J connectivity index is 1.46. The Morgan fingerprint density at radius 2 is 2.00 bits per heavy atom. The van der Waals surface area contributed by atoms with Gasteiger partial charge in [-0.3, -0.25) is 4.79 Å². The molecule has 2 heterocycles. The Morgan fingerprint density at radius 1 is 1.18 bits per heavy atom. The number of carbonyl (C=O) groups excluding carboxylic acids is 1.